The van der Waals surface area contributed by atoms with E-state index in [2.05, 4.69) is 30.8 Å². The summed E-state index contributed by atoms with van der Waals surface area (Å²) in [7, 11) is 0. The van der Waals surface area contributed by atoms with Crippen LogP contribution in [0.5, 0.6) is 0 Å². The fraction of sp³-hybridized carbons (Fsp3) is 0.208. The van der Waals surface area contributed by atoms with Crippen molar-refractivity contribution in [3.05, 3.63) is 78.3 Å². The van der Waals surface area contributed by atoms with Gasteiger partial charge in [-0.05, 0) is 62.3 Å². The number of carbonyl (C=O) groups is 1. The Bertz CT molecular complexity index is 1130. The minimum atomic E-state index is -0.553. The van der Waals surface area contributed by atoms with Crippen molar-refractivity contribution in [2.75, 3.05) is 35.6 Å². The van der Waals surface area contributed by atoms with Gasteiger partial charge in [-0.25, -0.2) is 9.37 Å². The van der Waals surface area contributed by atoms with Crippen molar-refractivity contribution in [2.24, 2.45) is 0 Å². The summed E-state index contributed by atoms with van der Waals surface area (Å²) >= 11 is 0. The predicted octanol–water partition coefficient (Wildman–Crippen LogP) is 4.61. The minimum absolute atomic E-state index is 0.0740. The van der Waals surface area contributed by atoms with Gasteiger partial charge < -0.3 is 16.0 Å². The zero-order valence-corrected chi connectivity index (χ0v) is 17.8. The molecule has 2 aromatic carbocycles. The zero-order chi connectivity index (χ0) is 22.3. The second-order valence-electron chi connectivity index (χ2n) is 7.64. The van der Waals surface area contributed by atoms with E-state index in [4.69, 9.17) is 0 Å². The van der Waals surface area contributed by atoms with Crippen LogP contribution in [0.15, 0.2) is 66.9 Å². The van der Waals surface area contributed by atoms with Crippen molar-refractivity contribution >= 4 is 34.7 Å². The molecule has 2 heterocycles. The maximum atomic E-state index is 14.2. The van der Waals surface area contributed by atoms with Crippen molar-refractivity contribution in [2.45, 2.75) is 13.3 Å². The molecule has 1 aliphatic heterocycles. The van der Waals surface area contributed by atoms with Gasteiger partial charge in [0.2, 0.25) is 11.9 Å². The number of hydrogen-bond acceptors (Lipinski definition) is 6. The molecule has 1 amide bonds. The van der Waals surface area contributed by atoms with Gasteiger partial charge in [-0.15, -0.1) is 0 Å². The molecule has 0 spiro atoms. The van der Waals surface area contributed by atoms with E-state index in [9.17, 15) is 9.18 Å². The van der Waals surface area contributed by atoms with Crippen LogP contribution in [0.3, 0.4) is 0 Å². The predicted molar refractivity (Wildman–Crippen MR) is 125 cm³/mol. The topological polar surface area (TPSA) is 82.2 Å². The number of benzene rings is 2. The monoisotopic (exact) mass is 432 g/mol. The number of nitrogens with one attached hydrogen (secondary N) is 3. The molecule has 1 aromatic heterocycles. The number of aromatic nitrogens is 2. The number of amides is 1. The lowest BCUT2D eigenvalue weighted by Crippen LogP contribution is -2.37. The molecule has 3 N–H and O–H groups in total. The van der Waals surface area contributed by atoms with Crippen molar-refractivity contribution in [1.82, 2.24) is 14.9 Å². The molecule has 8 heteroatoms. The number of hydrogen-bond donors (Lipinski definition) is 3. The molecule has 1 fully saturated rings. The summed E-state index contributed by atoms with van der Waals surface area (Å²) in [6.07, 6.45) is 5.75. The van der Waals surface area contributed by atoms with Gasteiger partial charge in [-0.1, -0.05) is 24.3 Å². The molecule has 0 unspecified atom stereocenters. The van der Waals surface area contributed by atoms with E-state index >= 15 is 0 Å². The first kappa shape index (κ1) is 21.5. The SMILES string of the molecule is Cc1cccc(Nc2nc(Nc3cccc(NC(=O)C=CCN4CCC4)c3)ncc2F)c1. The van der Waals surface area contributed by atoms with E-state index in [1.807, 2.05) is 43.3 Å². The summed E-state index contributed by atoms with van der Waals surface area (Å²) in [5.41, 5.74) is 3.09. The number of anilines is 5. The molecule has 0 saturated carbocycles. The smallest absolute Gasteiger partial charge is 0.248 e. The number of aryl methyl sites for hydroxylation is 1. The summed E-state index contributed by atoms with van der Waals surface area (Å²) in [5.74, 6) is -0.433. The van der Waals surface area contributed by atoms with Crippen LogP contribution in [0.4, 0.5) is 33.2 Å². The van der Waals surface area contributed by atoms with Gasteiger partial charge in [0.25, 0.3) is 0 Å². The van der Waals surface area contributed by atoms with Crippen molar-refractivity contribution in [3.63, 3.8) is 0 Å². The Morgan fingerprint density at radius 2 is 1.84 bits per heavy atom. The van der Waals surface area contributed by atoms with Gasteiger partial charge in [-0.3, -0.25) is 9.69 Å². The van der Waals surface area contributed by atoms with Gasteiger partial charge in [0.1, 0.15) is 0 Å². The highest BCUT2D eigenvalue weighted by Gasteiger charge is 2.11. The minimum Gasteiger partial charge on any atom is -0.338 e. The van der Waals surface area contributed by atoms with Gasteiger partial charge in [-0.2, -0.15) is 4.98 Å². The average molecular weight is 433 g/mol. The number of likely N-dealkylation sites (tertiary alicyclic amines) is 1. The Kier molecular flexibility index (Phi) is 6.72. The fourth-order valence-corrected chi connectivity index (χ4v) is 3.24. The Hall–Kier alpha value is -3.78. The molecule has 0 radical (unpaired) electrons. The molecule has 1 aliphatic rings. The highest BCUT2D eigenvalue weighted by molar-refractivity contribution is 5.99. The normalized spacial score (nSPS) is 13.6. The molecule has 32 heavy (non-hydrogen) atoms. The summed E-state index contributed by atoms with van der Waals surface area (Å²) in [4.78, 5) is 22.7. The number of nitrogens with zero attached hydrogens (tertiary/aromatic N) is 3. The summed E-state index contributed by atoms with van der Waals surface area (Å²) in [5, 5.41) is 8.87. The highest BCUT2D eigenvalue weighted by atomic mass is 19.1. The zero-order valence-electron chi connectivity index (χ0n) is 17.8. The van der Waals surface area contributed by atoms with E-state index in [0.717, 1.165) is 37.1 Å². The van der Waals surface area contributed by atoms with E-state index < -0.39 is 5.82 Å². The van der Waals surface area contributed by atoms with Crippen LogP contribution in [0.25, 0.3) is 0 Å². The average Bonchev–Trinajstić information content (AvgIpc) is 2.73. The first-order chi connectivity index (χ1) is 15.5. The molecule has 0 bridgehead atoms. The van der Waals surface area contributed by atoms with E-state index in [-0.39, 0.29) is 17.7 Å². The Labute approximate surface area is 186 Å². The number of rotatable bonds is 8. The third kappa shape index (κ3) is 5.89. The lowest BCUT2D eigenvalue weighted by Gasteiger charge is -2.29. The second-order valence-corrected chi connectivity index (χ2v) is 7.64. The maximum absolute atomic E-state index is 14.2. The fourth-order valence-electron chi connectivity index (χ4n) is 3.24. The lowest BCUT2D eigenvalue weighted by atomic mass is 10.2. The molecule has 164 valence electrons. The molecule has 4 rings (SSSR count). The summed E-state index contributed by atoms with van der Waals surface area (Å²) in [6.45, 7) is 4.93. The van der Waals surface area contributed by atoms with E-state index in [1.165, 1.54) is 6.42 Å². The molecule has 1 saturated heterocycles. The van der Waals surface area contributed by atoms with Crippen LogP contribution in [-0.2, 0) is 4.79 Å². The van der Waals surface area contributed by atoms with Crippen LogP contribution >= 0.6 is 0 Å². The Morgan fingerprint density at radius 1 is 1.09 bits per heavy atom. The molecule has 3 aromatic rings. The molecule has 0 atom stereocenters. The van der Waals surface area contributed by atoms with Crippen LogP contribution in [0.1, 0.15) is 12.0 Å². The van der Waals surface area contributed by atoms with Crippen LogP contribution < -0.4 is 16.0 Å². The third-order valence-electron chi connectivity index (χ3n) is 4.99. The van der Waals surface area contributed by atoms with Gasteiger partial charge in [0.15, 0.2) is 11.6 Å². The van der Waals surface area contributed by atoms with Gasteiger partial charge >= 0.3 is 0 Å². The first-order valence-electron chi connectivity index (χ1n) is 10.5. The highest BCUT2D eigenvalue weighted by Crippen LogP contribution is 2.22. The molecule has 0 aliphatic carbocycles. The molecular weight excluding hydrogens is 407 g/mol. The van der Waals surface area contributed by atoms with Crippen molar-refractivity contribution in [1.29, 1.82) is 0 Å². The molecule has 7 nitrogen and oxygen atoms in total. The standard InChI is InChI=1S/C24H25FN6O/c1-17-6-2-7-18(14-17)28-23-21(25)16-26-24(30-23)29-20-9-3-8-19(15-20)27-22(32)10-4-11-31-12-5-13-31/h2-4,6-10,14-16H,5,11-13H2,1H3,(H,27,32)(H2,26,28,29,30). The summed E-state index contributed by atoms with van der Waals surface area (Å²) < 4.78 is 14.2. The number of carbonyl (C=O) groups excluding carboxylic acids is 1. The van der Waals surface area contributed by atoms with Crippen LogP contribution in [0, 0.1) is 12.7 Å². The third-order valence-corrected chi connectivity index (χ3v) is 4.99. The van der Waals surface area contributed by atoms with Crippen LogP contribution in [0.2, 0.25) is 0 Å². The quantitative estimate of drug-likeness (QED) is 0.451. The van der Waals surface area contributed by atoms with Gasteiger partial charge in [0.05, 0.1) is 6.20 Å². The molecular formula is C24H25FN6O. The summed E-state index contributed by atoms with van der Waals surface area (Å²) in [6, 6.07) is 14.8. The Balaban J connectivity index is 1.40. The van der Waals surface area contributed by atoms with Crippen molar-refractivity contribution in [3.8, 4) is 0 Å². The second kappa shape index (κ2) is 10.0. The van der Waals surface area contributed by atoms with Crippen molar-refractivity contribution < 1.29 is 9.18 Å². The maximum Gasteiger partial charge on any atom is 0.248 e. The van der Waals surface area contributed by atoms with Crippen LogP contribution in [-0.4, -0.2) is 40.4 Å². The van der Waals surface area contributed by atoms with E-state index in [0.29, 0.717) is 11.4 Å². The Morgan fingerprint density at radius 3 is 2.59 bits per heavy atom. The lowest BCUT2D eigenvalue weighted by molar-refractivity contribution is -0.111. The largest absolute Gasteiger partial charge is 0.338 e. The van der Waals surface area contributed by atoms with Gasteiger partial charge in [0, 0.05) is 29.7 Å². The number of halogens is 1. The first-order valence-corrected chi connectivity index (χ1v) is 10.5. The van der Waals surface area contributed by atoms with E-state index in [1.54, 1.807) is 24.3 Å².